The molecule has 1 saturated carbocycles. The smallest absolute Gasteiger partial charge is 0.303 e. The summed E-state index contributed by atoms with van der Waals surface area (Å²) in [5, 5.41) is 22.1. The number of nitriles is 1. The summed E-state index contributed by atoms with van der Waals surface area (Å²) in [6.07, 6.45) is -4.72. The molecule has 1 aliphatic carbocycles. The van der Waals surface area contributed by atoms with Gasteiger partial charge in [-0.3, -0.25) is 19.2 Å². The summed E-state index contributed by atoms with van der Waals surface area (Å²) in [5.41, 5.74) is 2.69. The van der Waals surface area contributed by atoms with Gasteiger partial charge < -0.3 is 28.8 Å². The summed E-state index contributed by atoms with van der Waals surface area (Å²) < 4.78 is 56.6. The van der Waals surface area contributed by atoms with Crippen LogP contribution in [0.15, 0.2) is 42.5 Å². The van der Waals surface area contributed by atoms with Gasteiger partial charge in [-0.2, -0.15) is 5.26 Å². The number of aliphatic hydroxyl groups is 1. The second-order valence-electron chi connectivity index (χ2n) is 10.0. The third-order valence-corrected chi connectivity index (χ3v) is 6.97. The lowest BCUT2D eigenvalue weighted by molar-refractivity contribution is -0.360. The van der Waals surface area contributed by atoms with E-state index in [1.807, 2.05) is 24.3 Å². The summed E-state index contributed by atoms with van der Waals surface area (Å²) in [7, 11) is 0. The van der Waals surface area contributed by atoms with Crippen LogP contribution >= 0.6 is 0 Å². The van der Waals surface area contributed by atoms with Gasteiger partial charge in [0.1, 0.15) is 12.7 Å². The first-order valence-corrected chi connectivity index (χ1v) is 13.0. The summed E-state index contributed by atoms with van der Waals surface area (Å²) in [5.74, 6) is -6.69. The highest BCUT2D eigenvalue weighted by molar-refractivity contribution is 5.69. The van der Waals surface area contributed by atoms with Crippen LogP contribution in [-0.4, -0.2) is 60.0 Å². The molecule has 1 N–H and O–H groups in total. The van der Waals surface area contributed by atoms with Crippen LogP contribution in [0, 0.1) is 11.3 Å². The Morgan fingerprint density at radius 1 is 0.952 bits per heavy atom. The highest BCUT2D eigenvalue weighted by Crippen LogP contribution is 2.42. The average molecular weight is 584 g/mol. The number of hydrogen-bond donors (Lipinski definition) is 1. The first-order valence-electron chi connectivity index (χ1n) is 15.8. The van der Waals surface area contributed by atoms with E-state index in [-0.39, 0.29) is 17.5 Å². The minimum atomic E-state index is -2.72. The standard InChI is InChI=1S/C31H33NO10/c1-17(33)38-16-27-28(39-18(2)34)29(40-19(3)35)30(41-20(4)36)31(37,42-27)26-12-11-24(15-32)25(14-26)13-21-5-7-22(8-6-21)23-9-10-23/h5-8,11-12,14,23,27-30,37H,9-10,13,16H2,1-4H3/t27-,28-,29+,30-,31?/m1/s1/i1D,2D,3D,4D. The molecule has 0 radical (unpaired) electrons. The predicted molar refractivity (Wildman–Crippen MR) is 144 cm³/mol. The molecule has 11 heteroatoms. The first-order chi connectivity index (χ1) is 22.1. The van der Waals surface area contributed by atoms with Crippen molar-refractivity contribution in [3.8, 4) is 6.07 Å². The fourth-order valence-electron chi connectivity index (χ4n) is 4.99. The van der Waals surface area contributed by atoms with Gasteiger partial charge in [0.05, 0.1) is 11.6 Å². The maximum atomic E-state index is 12.5. The number of hydrogen-bond acceptors (Lipinski definition) is 11. The van der Waals surface area contributed by atoms with Crippen molar-refractivity contribution in [3.05, 3.63) is 70.3 Å². The first kappa shape index (κ1) is 25.4. The average Bonchev–Trinajstić information content (AvgIpc) is 3.92. The van der Waals surface area contributed by atoms with Gasteiger partial charge in [0, 0.05) is 38.6 Å². The van der Waals surface area contributed by atoms with Gasteiger partial charge in [0.2, 0.25) is 11.9 Å². The van der Waals surface area contributed by atoms with Crippen molar-refractivity contribution in [2.75, 3.05) is 6.61 Å². The molecule has 2 fully saturated rings. The largest absolute Gasteiger partial charge is 0.463 e. The van der Waals surface area contributed by atoms with E-state index < -0.39 is 88.3 Å². The van der Waals surface area contributed by atoms with Crippen molar-refractivity contribution in [2.45, 2.75) is 83.0 Å². The van der Waals surface area contributed by atoms with Gasteiger partial charge in [-0.15, -0.1) is 0 Å². The molecule has 222 valence electrons. The van der Waals surface area contributed by atoms with E-state index in [0.29, 0.717) is 11.5 Å². The molecule has 0 spiro atoms. The fourth-order valence-corrected chi connectivity index (χ4v) is 4.99. The van der Waals surface area contributed by atoms with Crippen LogP contribution in [0.5, 0.6) is 0 Å². The Morgan fingerprint density at radius 3 is 2.21 bits per heavy atom. The van der Waals surface area contributed by atoms with Crippen LogP contribution < -0.4 is 0 Å². The Balaban J connectivity index is 1.81. The molecule has 1 heterocycles. The van der Waals surface area contributed by atoms with Crippen molar-refractivity contribution < 1.29 is 53.5 Å². The highest BCUT2D eigenvalue weighted by atomic mass is 16.7. The Hall–Kier alpha value is -4.27. The van der Waals surface area contributed by atoms with Crippen molar-refractivity contribution in [1.29, 1.82) is 5.26 Å². The van der Waals surface area contributed by atoms with E-state index in [0.717, 1.165) is 18.4 Å². The van der Waals surface area contributed by atoms with E-state index in [4.69, 9.17) is 29.2 Å². The molecule has 5 atom stereocenters. The van der Waals surface area contributed by atoms with Crippen molar-refractivity contribution in [2.24, 2.45) is 0 Å². The van der Waals surface area contributed by atoms with Gasteiger partial charge in [-0.25, -0.2) is 0 Å². The molecule has 2 aliphatic rings. The minimum absolute atomic E-state index is 0.0899. The van der Waals surface area contributed by atoms with Crippen molar-refractivity contribution in [3.63, 3.8) is 0 Å². The summed E-state index contributed by atoms with van der Waals surface area (Å²) in [6.45, 7) is -4.26. The van der Waals surface area contributed by atoms with Gasteiger partial charge in [-0.1, -0.05) is 30.3 Å². The summed E-state index contributed by atoms with van der Waals surface area (Å²) in [6, 6.07) is 14.2. The lowest BCUT2D eigenvalue weighted by Gasteiger charge is -2.48. The highest BCUT2D eigenvalue weighted by Gasteiger charge is 2.60. The van der Waals surface area contributed by atoms with Gasteiger partial charge in [-0.05, 0) is 54.0 Å². The number of carbonyl (C=O) groups is 4. The molecule has 1 aliphatic heterocycles. The Labute approximate surface area is 248 Å². The zero-order valence-corrected chi connectivity index (χ0v) is 22.7. The Bertz CT molecular complexity index is 1480. The second kappa shape index (κ2) is 12.7. The molecule has 0 amide bonds. The monoisotopic (exact) mass is 583 g/mol. The van der Waals surface area contributed by atoms with Crippen LogP contribution in [0.1, 0.15) is 79.7 Å². The van der Waals surface area contributed by atoms with E-state index in [1.165, 1.54) is 23.8 Å². The van der Waals surface area contributed by atoms with Crippen molar-refractivity contribution in [1.82, 2.24) is 0 Å². The van der Waals surface area contributed by atoms with Crippen LogP contribution in [0.3, 0.4) is 0 Å². The molecule has 42 heavy (non-hydrogen) atoms. The fraction of sp³-hybridized carbons (Fsp3) is 0.452. The molecule has 1 saturated heterocycles. The minimum Gasteiger partial charge on any atom is -0.463 e. The molecular formula is C31H33NO10. The quantitative estimate of drug-likeness (QED) is 0.342. The lowest BCUT2D eigenvalue weighted by atomic mass is 9.85. The summed E-state index contributed by atoms with van der Waals surface area (Å²) in [4.78, 5) is 49.1. The molecule has 2 aromatic carbocycles. The maximum Gasteiger partial charge on any atom is 0.303 e. The predicted octanol–water partition coefficient (Wildman–Crippen LogP) is 2.93. The van der Waals surface area contributed by atoms with Crippen LogP contribution in [0.4, 0.5) is 0 Å². The number of rotatable bonds is 9. The topological polar surface area (TPSA) is 158 Å². The Kier molecular flexibility index (Phi) is 7.70. The molecule has 0 aromatic heterocycles. The van der Waals surface area contributed by atoms with E-state index in [9.17, 15) is 29.5 Å². The summed E-state index contributed by atoms with van der Waals surface area (Å²) >= 11 is 0. The molecule has 2 aromatic rings. The second-order valence-corrected chi connectivity index (χ2v) is 10.0. The van der Waals surface area contributed by atoms with Crippen LogP contribution in [0.2, 0.25) is 0 Å². The molecule has 0 bridgehead atoms. The van der Waals surface area contributed by atoms with E-state index >= 15 is 0 Å². The normalized spacial score (nSPS) is 26.3. The number of benzene rings is 2. The maximum absolute atomic E-state index is 12.5. The van der Waals surface area contributed by atoms with Gasteiger partial charge >= 0.3 is 23.9 Å². The molecule has 1 unspecified atom stereocenters. The number of ether oxygens (including phenoxy) is 5. The SMILES string of the molecule is [2H]CC(=O)OC[C@H]1OC(O)(c2ccc(C#N)c(Cc3ccc(C4CC4)cc3)c2)[C@H](OC(=O)C[2H])[C@@H](OC(=O)C[2H])[C@@H]1OC(=O)C[2H]. The van der Waals surface area contributed by atoms with E-state index in [1.54, 1.807) is 0 Å². The number of carbonyl (C=O) groups excluding carboxylic acids is 4. The Morgan fingerprint density at radius 2 is 1.60 bits per heavy atom. The third-order valence-electron chi connectivity index (χ3n) is 6.97. The van der Waals surface area contributed by atoms with Crippen molar-refractivity contribution >= 4 is 23.9 Å². The number of esters is 4. The lowest BCUT2D eigenvalue weighted by Crippen LogP contribution is -2.66. The third kappa shape index (κ3) is 7.13. The van der Waals surface area contributed by atoms with Crippen LogP contribution in [0.25, 0.3) is 0 Å². The van der Waals surface area contributed by atoms with E-state index in [2.05, 4.69) is 6.07 Å². The van der Waals surface area contributed by atoms with Gasteiger partial charge in [0.25, 0.3) is 0 Å². The zero-order valence-electron chi connectivity index (χ0n) is 26.7. The zero-order chi connectivity index (χ0) is 33.4. The molecule has 4 rings (SSSR count). The molecule has 11 nitrogen and oxygen atoms in total. The van der Waals surface area contributed by atoms with Gasteiger partial charge in [0.15, 0.2) is 12.2 Å². The van der Waals surface area contributed by atoms with Crippen LogP contribution in [-0.2, 0) is 55.1 Å². The molecular weight excluding hydrogens is 546 g/mol. The number of nitrogens with zero attached hydrogens (tertiary/aromatic N) is 1.